The van der Waals surface area contributed by atoms with Crippen molar-refractivity contribution in [1.29, 1.82) is 0 Å². The Morgan fingerprint density at radius 2 is 2.40 bits per heavy atom. The molecule has 0 N–H and O–H groups in total. The second kappa shape index (κ2) is 5.68. The third-order valence-electron chi connectivity index (χ3n) is 2.25. The van der Waals surface area contributed by atoms with Crippen LogP contribution in [0, 0.1) is 0 Å². The molecular weight excluding hydrogens is 220 g/mol. The first kappa shape index (κ1) is 12.7. The molecule has 4 nitrogen and oxygen atoms in total. The summed E-state index contributed by atoms with van der Waals surface area (Å²) >= 11 is 5.65. The molecule has 2 atom stereocenters. The van der Waals surface area contributed by atoms with Gasteiger partial charge < -0.3 is 14.2 Å². The van der Waals surface area contributed by atoms with Gasteiger partial charge in [0.15, 0.2) is 5.79 Å². The van der Waals surface area contributed by atoms with Crippen LogP contribution in [0.5, 0.6) is 0 Å². The van der Waals surface area contributed by atoms with Crippen LogP contribution >= 0.6 is 11.6 Å². The van der Waals surface area contributed by atoms with Gasteiger partial charge in [-0.05, 0) is 13.8 Å². The number of carbonyl (C=O) groups excluding carboxylic acids is 1. The van der Waals surface area contributed by atoms with Crippen LogP contribution < -0.4 is 0 Å². The smallest absolute Gasteiger partial charge is 0.305 e. The number of halogens is 1. The maximum absolute atomic E-state index is 11.1. The van der Waals surface area contributed by atoms with Crippen molar-refractivity contribution in [3.05, 3.63) is 0 Å². The van der Waals surface area contributed by atoms with E-state index in [1.807, 2.05) is 6.92 Å². The van der Waals surface area contributed by atoms with E-state index in [-0.39, 0.29) is 12.1 Å². The lowest BCUT2D eigenvalue weighted by atomic mass is 10.2. The van der Waals surface area contributed by atoms with Gasteiger partial charge in [0.1, 0.15) is 0 Å². The summed E-state index contributed by atoms with van der Waals surface area (Å²) < 4.78 is 15.8. The van der Waals surface area contributed by atoms with E-state index in [1.165, 1.54) is 0 Å². The Morgan fingerprint density at radius 1 is 1.67 bits per heavy atom. The zero-order valence-corrected chi connectivity index (χ0v) is 9.88. The number of alkyl halides is 1. The second-order valence-electron chi connectivity index (χ2n) is 3.64. The fraction of sp³-hybridized carbons (Fsp3) is 0.900. The molecule has 0 radical (unpaired) electrons. The summed E-state index contributed by atoms with van der Waals surface area (Å²) in [6, 6.07) is 0. The number of carbonyl (C=O) groups is 1. The van der Waals surface area contributed by atoms with Gasteiger partial charge in [-0.15, -0.1) is 11.6 Å². The summed E-state index contributed by atoms with van der Waals surface area (Å²) in [5.74, 6) is -0.498. The summed E-state index contributed by atoms with van der Waals surface area (Å²) in [5, 5.41) is 0. The Balaban J connectivity index is 2.29. The minimum Gasteiger partial charge on any atom is -0.466 e. The van der Waals surface area contributed by atoms with E-state index in [1.54, 1.807) is 6.92 Å². The lowest BCUT2D eigenvalue weighted by Crippen LogP contribution is -2.28. The van der Waals surface area contributed by atoms with Crippen molar-refractivity contribution in [3.8, 4) is 0 Å². The van der Waals surface area contributed by atoms with E-state index >= 15 is 0 Å². The lowest BCUT2D eigenvalue weighted by Gasteiger charge is -2.22. The first-order valence-corrected chi connectivity index (χ1v) is 5.66. The van der Waals surface area contributed by atoms with Crippen LogP contribution in [0.4, 0.5) is 0 Å². The van der Waals surface area contributed by atoms with Gasteiger partial charge in [-0.1, -0.05) is 0 Å². The van der Waals surface area contributed by atoms with Crippen LogP contribution in [-0.2, 0) is 19.0 Å². The van der Waals surface area contributed by atoms with Crippen LogP contribution in [0.1, 0.15) is 26.7 Å². The Kier molecular flexibility index (Phi) is 4.83. The molecule has 0 aromatic carbocycles. The van der Waals surface area contributed by atoms with Crippen molar-refractivity contribution in [2.75, 3.05) is 19.1 Å². The fourth-order valence-electron chi connectivity index (χ4n) is 1.46. The molecule has 88 valence electrons. The summed E-state index contributed by atoms with van der Waals surface area (Å²) in [6.45, 7) is 4.49. The van der Waals surface area contributed by atoms with Crippen LogP contribution in [-0.4, -0.2) is 37.0 Å². The molecule has 1 aliphatic heterocycles. The zero-order valence-electron chi connectivity index (χ0n) is 9.12. The first-order valence-electron chi connectivity index (χ1n) is 5.13. The fourth-order valence-corrected chi connectivity index (χ4v) is 1.61. The van der Waals surface area contributed by atoms with Crippen LogP contribution in [0.25, 0.3) is 0 Å². The molecule has 1 fully saturated rings. The molecule has 5 heteroatoms. The quantitative estimate of drug-likeness (QED) is 0.538. The largest absolute Gasteiger partial charge is 0.466 e. The summed E-state index contributed by atoms with van der Waals surface area (Å²) in [7, 11) is 0. The van der Waals surface area contributed by atoms with E-state index in [9.17, 15) is 4.79 Å². The van der Waals surface area contributed by atoms with Crippen molar-refractivity contribution >= 4 is 17.6 Å². The SMILES string of the molecule is CCOC(=O)CC[C@@]1(C)OC[C@@H](CCl)O1. The highest BCUT2D eigenvalue weighted by Crippen LogP contribution is 2.28. The van der Waals surface area contributed by atoms with Crippen molar-refractivity contribution in [2.24, 2.45) is 0 Å². The number of rotatable bonds is 5. The third-order valence-corrected chi connectivity index (χ3v) is 2.60. The molecule has 1 rings (SSSR count). The lowest BCUT2D eigenvalue weighted by molar-refractivity contribution is -0.166. The van der Waals surface area contributed by atoms with E-state index < -0.39 is 5.79 Å². The molecule has 1 aliphatic rings. The minimum atomic E-state index is -0.688. The molecule has 0 amide bonds. The number of hydrogen-bond donors (Lipinski definition) is 0. The molecule has 1 saturated heterocycles. The average Bonchev–Trinajstić information content (AvgIpc) is 2.59. The number of hydrogen-bond acceptors (Lipinski definition) is 4. The van der Waals surface area contributed by atoms with Crippen LogP contribution in [0.2, 0.25) is 0 Å². The number of esters is 1. The van der Waals surface area contributed by atoms with Gasteiger partial charge in [-0.25, -0.2) is 0 Å². The van der Waals surface area contributed by atoms with Crippen LogP contribution in [0.15, 0.2) is 0 Å². The predicted molar refractivity (Wildman–Crippen MR) is 55.8 cm³/mol. The van der Waals surface area contributed by atoms with Crippen molar-refractivity contribution in [1.82, 2.24) is 0 Å². The molecule has 0 unspecified atom stereocenters. The normalized spacial score (nSPS) is 30.5. The molecule has 1 heterocycles. The zero-order chi connectivity index (χ0) is 11.3. The van der Waals surface area contributed by atoms with Gasteiger partial charge in [0.2, 0.25) is 0 Å². The molecule has 15 heavy (non-hydrogen) atoms. The van der Waals surface area contributed by atoms with E-state index in [0.29, 0.717) is 31.9 Å². The topological polar surface area (TPSA) is 44.8 Å². The van der Waals surface area contributed by atoms with Gasteiger partial charge in [0.25, 0.3) is 0 Å². The highest BCUT2D eigenvalue weighted by Gasteiger charge is 2.36. The maximum atomic E-state index is 11.1. The second-order valence-corrected chi connectivity index (χ2v) is 3.95. The molecule has 0 saturated carbocycles. The van der Waals surface area contributed by atoms with Gasteiger partial charge in [0.05, 0.1) is 31.6 Å². The molecule has 0 aliphatic carbocycles. The van der Waals surface area contributed by atoms with Crippen LogP contribution in [0.3, 0.4) is 0 Å². The Bertz CT molecular complexity index is 221. The van der Waals surface area contributed by atoms with Gasteiger partial charge >= 0.3 is 5.97 Å². The van der Waals surface area contributed by atoms with Gasteiger partial charge in [0, 0.05) is 6.42 Å². The van der Waals surface area contributed by atoms with E-state index in [2.05, 4.69) is 0 Å². The molecule has 0 aromatic heterocycles. The highest BCUT2D eigenvalue weighted by atomic mass is 35.5. The molecular formula is C10H17ClO4. The van der Waals surface area contributed by atoms with Gasteiger partial charge in [-0.3, -0.25) is 4.79 Å². The predicted octanol–water partition coefficient (Wildman–Crippen LogP) is 1.70. The Hall–Kier alpha value is -0.320. The van der Waals surface area contributed by atoms with Gasteiger partial charge in [-0.2, -0.15) is 0 Å². The Morgan fingerprint density at radius 3 is 2.93 bits per heavy atom. The summed E-state index contributed by atoms with van der Waals surface area (Å²) in [4.78, 5) is 11.1. The standard InChI is InChI=1S/C10H17ClO4/c1-3-13-9(12)4-5-10(2)14-7-8(6-11)15-10/h8H,3-7H2,1-2H3/t8-,10+/m1/s1. The van der Waals surface area contributed by atoms with E-state index in [4.69, 9.17) is 25.8 Å². The number of ether oxygens (including phenoxy) is 3. The first-order chi connectivity index (χ1) is 7.09. The monoisotopic (exact) mass is 236 g/mol. The average molecular weight is 237 g/mol. The third kappa shape index (κ3) is 3.97. The molecule has 0 bridgehead atoms. The highest BCUT2D eigenvalue weighted by molar-refractivity contribution is 6.18. The summed E-state index contributed by atoms with van der Waals surface area (Å²) in [6.07, 6.45) is 0.734. The molecule has 0 spiro atoms. The summed E-state index contributed by atoms with van der Waals surface area (Å²) in [5.41, 5.74) is 0. The Labute approximate surface area is 94.8 Å². The molecule has 0 aromatic rings. The van der Waals surface area contributed by atoms with Crippen molar-refractivity contribution < 1.29 is 19.0 Å². The van der Waals surface area contributed by atoms with Crippen molar-refractivity contribution in [2.45, 2.75) is 38.6 Å². The van der Waals surface area contributed by atoms with Crippen molar-refractivity contribution in [3.63, 3.8) is 0 Å². The van der Waals surface area contributed by atoms with E-state index in [0.717, 1.165) is 0 Å². The minimum absolute atomic E-state index is 0.0705. The maximum Gasteiger partial charge on any atom is 0.305 e.